The maximum atomic E-state index is 12.7. The predicted molar refractivity (Wildman–Crippen MR) is 78.0 cm³/mol. The van der Waals surface area contributed by atoms with E-state index in [2.05, 4.69) is 0 Å². The molecule has 0 aliphatic heterocycles. The van der Waals surface area contributed by atoms with Gasteiger partial charge in [-0.2, -0.15) is 4.31 Å². The van der Waals surface area contributed by atoms with Crippen LogP contribution in [-0.4, -0.2) is 35.5 Å². The molecule has 0 amide bonds. The fourth-order valence-electron chi connectivity index (χ4n) is 2.46. The third kappa shape index (κ3) is 3.07. The number of rotatable bonds is 8. The molecule has 1 aliphatic rings. The summed E-state index contributed by atoms with van der Waals surface area (Å²) in [5.41, 5.74) is 0.694. The summed E-state index contributed by atoms with van der Waals surface area (Å²) >= 11 is 0. The van der Waals surface area contributed by atoms with Crippen LogP contribution in [0, 0.1) is 0 Å². The lowest BCUT2D eigenvalue weighted by Crippen LogP contribution is -2.32. The van der Waals surface area contributed by atoms with E-state index in [1.54, 1.807) is 16.6 Å². The third-order valence-corrected chi connectivity index (χ3v) is 5.46. The van der Waals surface area contributed by atoms with E-state index in [1.807, 2.05) is 18.4 Å². The first kappa shape index (κ1) is 15.5. The van der Waals surface area contributed by atoms with Gasteiger partial charge in [0.05, 0.1) is 6.61 Å². The van der Waals surface area contributed by atoms with Crippen LogP contribution in [0.25, 0.3) is 0 Å². The van der Waals surface area contributed by atoms with E-state index >= 15 is 0 Å². The zero-order chi connectivity index (χ0) is 14.8. The zero-order valence-corrected chi connectivity index (χ0v) is 13.1. The highest BCUT2D eigenvalue weighted by Crippen LogP contribution is 2.37. The molecule has 0 aromatic carbocycles. The molecule has 114 valence electrons. The number of sulfonamides is 1. The summed E-state index contributed by atoms with van der Waals surface area (Å²) in [7, 11) is -3.44. The van der Waals surface area contributed by atoms with E-state index in [9.17, 15) is 13.5 Å². The lowest BCUT2D eigenvalue weighted by atomic mass is 10.4. The Labute approximate surface area is 121 Å². The van der Waals surface area contributed by atoms with Crippen molar-refractivity contribution in [1.82, 2.24) is 8.87 Å². The molecule has 6 heteroatoms. The molecule has 1 heterocycles. The average Bonchev–Trinajstić information content (AvgIpc) is 3.17. The van der Waals surface area contributed by atoms with Crippen molar-refractivity contribution >= 4 is 10.0 Å². The first-order chi connectivity index (χ1) is 9.54. The quantitative estimate of drug-likeness (QED) is 0.800. The molecule has 1 saturated carbocycles. The van der Waals surface area contributed by atoms with Gasteiger partial charge in [0, 0.05) is 31.0 Å². The van der Waals surface area contributed by atoms with Crippen LogP contribution in [0.4, 0.5) is 0 Å². The van der Waals surface area contributed by atoms with Gasteiger partial charge in [0.1, 0.15) is 4.90 Å². The van der Waals surface area contributed by atoms with Crippen molar-refractivity contribution in [3.8, 4) is 0 Å². The van der Waals surface area contributed by atoms with E-state index in [0.29, 0.717) is 29.7 Å². The Hall–Kier alpha value is -0.850. The van der Waals surface area contributed by atoms with Crippen molar-refractivity contribution in [2.24, 2.45) is 0 Å². The van der Waals surface area contributed by atoms with Gasteiger partial charge < -0.3 is 9.67 Å². The van der Waals surface area contributed by atoms with Crippen molar-refractivity contribution in [2.75, 3.05) is 13.1 Å². The van der Waals surface area contributed by atoms with Gasteiger partial charge in [0.25, 0.3) is 0 Å². The van der Waals surface area contributed by atoms with Crippen LogP contribution >= 0.6 is 0 Å². The van der Waals surface area contributed by atoms with Gasteiger partial charge >= 0.3 is 0 Å². The van der Waals surface area contributed by atoms with Gasteiger partial charge in [-0.1, -0.05) is 13.8 Å². The van der Waals surface area contributed by atoms with Gasteiger partial charge in [0.15, 0.2) is 0 Å². The number of aromatic nitrogens is 1. The van der Waals surface area contributed by atoms with Crippen LogP contribution < -0.4 is 0 Å². The largest absolute Gasteiger partial charge is 0.390 e. The van der Waals surface area contributed by atoms with Crippen LogP contribution in [0.2, 0.25) is 0 Å². The second-order valence-corrected chi connectivity index (χ2v) is 7.31. The number of aliphatic hydroxyl groups excluding tert-OH is 1. The summed E-state index contributed by atoms with van der Waals surface area (Å²) in [6, 6.07) is 1.98. The minimum atomic E-state index is -3.44. The summed E-state index contributed by atoms with van der Waals surface area (Å²) in [5, 5.41) is 9.39. The Balaban J connectivity index is 2.32. The molecule has 0 spiro atoms. The molecule has 1 N–H and O–H groups in total. The molecular weight excluding hydrogens is 276 g/mol. The Morgan fingerprint density at radius 2 is 1.90 bits per heavy atom. The number of nitrogens with zero attached hydrogens (tertiary/aromatic N) is 2. The molecule has 2 rings (SSSR count). The Bertz CT molecular complexity index is 541. The zero-order valence-electron chi connectivity index (χ0n) is 12.2. The van der Waals surface area contributed by atoms with Gasteiger partial charge in [-0.05, 0) is 31.7 Å². The highest BCUT2D eigenvalue weighted by molar-refractivity contribution is 7.89. The van der Waals surface area contributed by atoms with Crippen LogP contribution in [0.15, 0.2) is 17.2 Å². The van der Waals surface area contributed by atoms with Crippen molar-refractivity contribution in [1.29, 1.82) is 0 Å². The smallest absolute Gasteiger partial charge is 0.244 e. The maximum absolute atomic E-state index is 12.7. The van der Waals surface area contributed by atoms with Crippen LogP contribution in [0.5, 0.6) is 0 Å². The fraction of sp³-hybridized carbons (Fsp3) is 0.714. The maximum Gasteiger partial charge on any atom is 0.244 e. The molecule has 0 bridgehead atoms. The number of aliphatic hydroxyl groups is 1. The second-order valence-electron chi connectivity index (χ2n) is 5.37. The standard InChI is InChI=1S/C14H24N2O3S/c1-3-7-15(8-4-2)20(18,19)14-9-13(11-17)16(10-14)12-5-6-12/h9-10,12,17H,3-8,11H2,1-2H3. The van der Waals surface area contributed by atoms with Crippen LogP contribution in [0.1, 0.15) is 51.3 Å². The van der Waals surface area contributed by atoms with Crippen molar-refractivity contribution < 1.29 is 13.5 Å². The van der Waals surface area contributed by atoms with Crippen molar-refractivity contribution in [3.63, 3.8) is 0 Å². The molecule has 20 heavy (non-hydrogen) atoms. The Morgan fingerprint density at radius 3 is 2.35 bits per heavy atom. The molecule has 1 fully saturated rings. The van der Waals surface area contributed by atoms with E-state index < -0.39 is 10.0 Å². The van der Waals surface area contributed by atoms with E-state index in [-0.39, 0.29) is 6.61 Å². The summed E-state index contributed by atoms with van der Waals surface area (Å²) < 4.78 is 28.8. The Kier molecular flexibility index (Phi) is 4.88. The van der Waals surface area contributed by atoms with Gasteiger partial charge in [-0.15, -0.1) is 0 Å². The van der Waals surface area contributed by atoms with Crippen LogP contribution in [-0.2, 0) is 16.6 Å². The highest BCUT2D eigenvalue weighted by atomic mass is 32.2. The minimum absolute atomic E-state index is 0.117. The molecular formula is C14H24N2O3S. The summed E-state index contributed by atoms with van der Waals surface area (Å²) in [6.45, 7) is 4.92. The fourth-order valence-corrected chi connectivity index (χ4v) is 4.13. The minimum Gasteiger partial charge on any atom is -0.390 e. The van der Waals surface area contributed by atoms with Gasteiger partial charge in [-0.3, -0.25) is 0 Å². The first-order valence-electron chi connectivity index (χ1n) is 7.36. The van der Waals surface area contributed by atoms with Crippen molar-refractivity contribution in [2.45, 2.75) is 57.1 Å². The van der Waals surface area contributed by atoms with E-state index in [1.165, 1.54) is 0 Å². The lowest BCUT2D eigenvalue weighted by Gasteiger charge is -2.20. The van der Waals surface area contributed by atoms with E-state index in [0.717, 1.165) is 25.7 Å². The summed E-state index contributed by atoms with van der Waals surface area (Å²) in [5.74, 6) is 0. The summed E-state index contributed by atoms with van der Waals surface area (Å²) in [6.07, 6.45) is 5.42. The molecule has 0 unspecified atom stereocenters. The normalized spacial score (nSPS) is 16.0. The Morgan fingerprint density at radius 1 is 1.30 bits per heavy atom. The van der Waals surface area contributed by atoms with E-state index in [4.69, 9.17) is 0 Å². The number of hydrogen-bond donors (Lipinski definition) is 1. The molecule has 1 aromatic heterocycles. The highest BCUT2D eigenvalue weighted by Gasteiger charge is 2.30. The summed E-state index contributed by atoms with van der Waals surface area (Å²) in [4.78, 5) is 0.315. The van der Waals surface area contributed by atoms with Gasteiger partial charge in [-0.25, -0.2) is 8.42 Å². The third-order valence-electron chi connectivity index (χ3n) is 3.59. The molecule has 1 aromatic rings. The number of hydrogen-bond acceptors (Lipinski definition) is 3. The molecule has 0 saturated heterocycles. The van der Waals surface area contributed by atoms with Crippen LogP contribution in [0.3, 0.4) is 0 Å². The lowest BCUT2D eigenvalue weighted by molar-refractivity contribution is 0.270. The molecule has 1 aliphatic carbocycles. The van der Waals surface area contributed by atoms with Gasteiger partial charge in [0.2, 0.25) is 10.0 Å². The van der Waals surface area contributed by atoms with Crippen molar-refractivity contribution in [3.05, 3.63) is 18.0 Å². The second kappa shape index (κ2) is 6.28. The average molecular weight is 300 g/mol. The predicted octanol–water partition coefficient (Wildman–Crippen LogP) is 2.13. The molecule has 5 nitrogen and oxygen atoms in total. The SMILES string of the molecule is CCCN(CCC)S(=O)(=O)c1cc(CO)n(C2CC2)c1. The molecule has 0 atom stereocenters. The topological polar surface area (TPSA) is 62.5 Å². The molecule has 0 radical (unpaired) electrons. The first-order valence-corrected chi connectivity index (χ1v) is 8.80. The monoisotopic (exact) mass is 300 g/mol.